The first-order valence-electron chi connectivity index (χ1n) is 17.4. The van der Waals surface area contributed by atoms with Gasteiger partial charge in [0.1, 0.15) is 35.7 Å². The topological polar surface area (TPSA) is 162 Å². The maximum absolute atomic E-state index is 12.1. The lowest BCUT2D eigenvalue weighted by Crippen LogP contribution is -2.61. The number of alkyl carbamates (subject to hydrolysis) is 1. The van der Waals surface area contributed by atoms with Crippen molar-refractivity contribution in [2.24, 2.45) is 0 Å². The highest BCUT2D eigenvalue weighted by molar-refractivity contribution is 5.80. The summed E-state index contributed by atoms with van der Waals surface area (Å²) in [5, 5.41) is 20.4. The second-order valence-corrected chi connectivity index (χ2v) is 13.5. The summed E-state index contributed by atoms with van der Waals surface area (Å²) in [4.78, 5) is 23.9. The van der Waals surface area contributed by atoms with Crippen molar-refractivity contribution in [3.8, 4) is 0 Å². The normalized spacial score (nSPS) is 20.8. The molecule has 0 unspecified atom stereocenters. The minimum Gasteiger partial charge on any atom is -0.480 e. The van der Waals surface area contributed by atoms with Gasteiger partial charge in [-0.3, -0.25) is 0 Å². The number of methoxy groups -OCH3 is 1. The van der Waals surface area contributed by atoms with E-state index >= 15 is 0 Å². The van der Waals surface area contributed by atoms with Gasteiger partial charge >= 0.3 is 12.1 Å². The van der Waals surface area contributed by atoms with Crippen LogP contribution in [0.25, 0.3) is 0 Å². The third-order valence-electron chi connectivity index (χ3n) is 8.16. The number of carbonyl (C=O) groups is 2. The van der Waals surface area contributed by atoms with Crippen molar-refractivity contribution in [1.82, 2.24) is 20.3 Å². The highest BCUT2D eigenvalue weighted by Gasteiger charge is 2.49. The summed E-state index contributed by atoms with van der Waals surface area (Å²) in [6.07, 6.45) is -2.52. The van der Waals surface area contributed by atoms with E-state index in [4.69, 9.17) is 33.2 Å². The average Bonchev–Trinajstić information content (AvgIpc) is 3.59. The van der Waals surface area contributed by atoms with E-state index in [0.29, 0.717) is 18.9 Å². The molecule has 1 aromatic heterocycles. The molecule has 0 radical (unpaired) electrons. The quantitative estimate of drug-likeness (QED) is 0.143. The van der Waals surface area contributed by atoms with E-state index in [0.717, 1.165) is 16.7 Å². The molecule has 0 saturated carbocycles. The molecule has 1 aliphatic rings. The minimum atomic E-state index is -1.33. The maximum atomic E-state index is 12.1. The van der Waals surface area contributed by atoms with Crippen molar-refractivity contribution in [2.45, 2.75) is 96.1 Å². The van der Waals surface area contributed by atoms with Crippen molar-refractivity contribution in [3.05, 3.63) is 120 Å². The number of carboxylic acid groups (broad SMARTS) is 1. The zero-order chi connectivity index (χ0) is 37.6. The molecule has 1 fully saturated rings. The van der Waals surface area contributed by atoms with Crippen molar-refractivity contribution in [3.63, 3.8) is 0 Å². The van der Waals surface area contributed by atoms with Crippen LogP contribution in [0.15, 0.2) is 97.2 Å². The van der Waals surface area contributed by atoms with Gasteiger partial charge in [0.2, 0.25) is 0 Å². The number of ether oxygens (including phenoxy) is 7. The first-order chi connectivity index (χ1) is 25.6. The molecule has 14 heteroatoms. The lowest BCUT2D eigenvalue weighted by molar-refractivity contribution is -0.319. The van der Waals surface area contributed by atoms with Gasteiger partial charge in [-0.05, 0) is 37.5 Å². The van der Waals surface area contributed by atoms with Crippen LogP contribution in [0.5, 0.6) is 0 Å². The first kappa shape index (κ1) is 39.5. The molecule has 2 heterocycles. The number of hydrogen-bond acceptors (Lipinski definition) is 11. The van der Waals surface area contributed by atoms with E-state index in [-0.39, 0.29) is 26.4 Å². The number of rotatable bonds is 18. The SMILES string of the molecule is CO[C@H]1O[C@H](Cn2cc(COC[C@H](NC(=O)OC(C)(C)C)C(=O)O)nn2)[C@@H](OCc2ccccc2)[C@H](OCc2ccccc2)[C@@H]1OCc1ccccc1. The summed E-state index contributed by atoms with van der Waals surface area (Å²) in [5.74, 6) is -1.27. The average molecular weight is 733 g/mol. The number of benzene rings is 3. The van der Waals surface area contributed by atoms with Gasteiger partial charge in [0.15, 0.2) is 12.3 Å². The number of hydrogen-bond donors (Lipinski definition) is 2. The Kier molecular flexibility index (Phi) is 14.5. The Morgan fingerprint density at radius 2 is 1.34 bits per heavy atom. The van der Waals surface area contributed by atoms with Crippen LogP contribution in [0.1, 0.15) is 43.2 Å². The Morgan fingerprint density at radius 1 is 0.811 bits per heavy atom. The molecule has 53 heavy (non-hydrogen) atoms. The molecule has 1 amide bonds. The van der Waals surface area contributed by atoms with Crippen LogP contribution in [0.2, 0.25) is 0 Å². The lowest BCUT2D eigenvalue weighted by Gasteiger charge is -2.45. The Morgan fingerprint density at radius 3 is 1.85 bits per heavy atom. The number of nitrogens with zero attached hydrogens (tertiary/aromatic N) is 3. The Hall–Kier alpha value is -4.70. The van der Waals surface area contributed by atoms with Crippen LogP contribution < -0.4 is 5.32 Å². The second kappa shape index (κ2) is 19.4. The van der Waals surface area contributed by atoms with Crippen LogP contribution in [0, 0.1) is 0 Å². The number of aromatic nitrogens is 3. The minimum absolute atomic E-state index is 0.0574. The Labute approximate surface area is 309 Å². The van der Waals surface area contributed by atoms with E-state index in [9.17, 15) is 14.7 Å². The van der Waals surface area contributed by atoms with Crippen molar-refractivity contribution < 1.29 is 47.9 Å². The summed E-state index contributed by atoms with van der Waals surface area (Å²) >= 11 is 0. The molecule has 0 spiro atoms. The van der Waals surface area contributed by atoms with Crippen LogP contribution in [0.4, 0.5) is 4.79 Å². The smallest absolute Gasteiger partial charge is 0.408 e. The standard InChI is InChI=1S/C39H48N4O10/c1-39(2,3)53-38(46)40-31(36(44)45)26-48-25-30-20-43(42-41-30)21-32-33(49-22-27-14-8-5-9-15-27)34(50-23-28-16-10-6-11-17-28)35(37(47-4)52-32)51-24-29-18-12-7-13-19-29/h5-20,31-35,37H,21-26H2,1-4H3,(H,40,46)(H,44,45)/t31-,32+,33+,34-,35-,37-/m0/s1. The van der Waals surface area contributed by atoms with E-state index in [1.165, 1.54) is 0 Å². The molecule has 6 atom stereocenters. The molecule has 0 bridgehead atoms. The maximum Gasteiger partial charge on any atom is 0.408 e. The highest BCUT2D eigenvalue weighted by Crippen LogP contribution is 2.31. The summed E-state index contributed by atoms with van der Waals surface area (Å²) < 4.78 is 44.6. The van der Waals surface area contributed by atoms with Gasteiger partial charge in [0.25, 0.3) is 0 Å². The predicted molar refractivity (Wildman–Crippen MR) is 191 cm³/mol. The molecule has 0 aliphatic carbocycles. The monoisotopic (exact) mass is 732 g/mol. The highest BCUT2D eigenvalue weighted by atomic mass is 16.7. The lowest BCUT2D eigenvalue weighted by atomic mass is 9.97. The third kappa shape index (κ3) is 12.4. The molecular weight excluding hydrogens is 684 g/mol. The third-order valence-corrected chi connectivity index (χ3v) is 8.16. The van der Waals surface area contributed by atoms with Crippen molar-refractivity contribution >= 4 is 12.1 Å². The zero-order valence-electron chi connectivity index (χ0n) is 30.4. The van der Waals surface area contributed by atoms with Gasteiger partial charge in [-0.15, -0.1) is 5.10 Å². The van der Waals surface area contributed by atoms with E-state index in [2.05, 4.69) is 15.6 Å². The van der Waals surface area contributed by atoms with Crippen LogP contribution >= 0.6 is 0 Å². The Balaban J connectivity index is 1.32. The predicted octanol–water partition coefficient (Wildman–Crippen LogP) is 4.90. The van der Waals surface area contributed by atoms with Crippen molar-refractivity contribution in [2.75, 3.05) is 13.7 Å². The van der Waals surface area contributed by atoms with E-state index in [1.54, 1.807) is 38.8 Å². The molecule has 4 aromatic rings. The fraction of sp³-hybridized carbons (Fsp3) is 0.436. The van der Waals surface area contributed by atoms with Crippen LogP contribution in [-0.4, -0.2) is 88.2 Å². The number of carboxylic acids is 1. The van der Waals surface area contributed by atoms with Gasteiger partial charge in [0.05, 0.1) is 45.8 Å². The van der Waals surface area contributed by atoms with E-state index in [1.807, 2.05) is 91.0 Å². The van der Waals surface area contributed by atoms with Gasteiger partial charge in [-0.1, -0.05) is 96.2 Å². The summed E-state index contributed by atoms with van der Waals surface area (Å²) in [7, 11) is 1.56. The molecule has 5 rings (SSSR count). The van der Waals surface area contributed by atoms with E-state index < -0.39 is 54.4 Å². The van der Waals surface area contributed by atoms with Gasteiger partial charge in [-0.2, -0.15) is 0 Å². The van der Waals surface area contributed by atoms with Crippen LogP contribution in [0.3, 0.4) is 0 Å². The number of amides is 1. The zero-order valence-corrected chi connectivity index (χ0v) is 30.4. The van der Waals surface area contributed by atoms with Crippen molar-refractivity contribution in [1.29, 1.82) is 0 Å². The summed E-state index contributed by atoms with van der Waals surface area (Å²) in [5.41, 5.74) is 2.60. The Bertz CT molecular complexity index is 1690. The fourth-order valence-electron chi connectivity index (χ4n) is 5.67. The number of carbonyl (C=O) groups excluding carboxylic acids is 1. The largest absolute Gasteiger partial charge is 0.480 e. The molecule has 14 nitrogen and oxygen atoms in total. The first-order valence-corrected chi connectivity index (χ1v) is 17.4. The molecule has 2 N–H and O–H groups in total. The van der Waals surface area contributed by atoms with Gasteiger partial charge < -0.3 is 43.6 Å². The second-order valence-electron chi connectivity index (χ2n) is 13.5. The molecule has 1 aliphatic heterocycles. The van der Waals surface area contributed by atoms with Crippen LogP contribution in [-0.2, 0) is 70.9 Å². The fourth-order valence-corrected chi connectivity index (χ4v) is 5.67. The summed E-state index contributed by atoms with van der Waals surface area (Å²) in [6.45, 7) is 5.78. The van der Waals surface area contributed by atoms with Gasteiger partial charge in [-0.25, -0.2) is 14.3 Å². The molecule has 284 valence electrons. The number of aliphatic carboxylic acids is 1. The summed E-state index contributed by atoms with van der Waals surface area (Å²) in [6, 6.07) is 28.2. The van der Waals surface area contributed by atoms with Gasteiger partial charge in [0, 0.05) is 7.11 Å². The number of nitrogens with one attached hydrogen (secondary N) is 1. The molecule has 1 saturated heterocycles. The molecular formula is C39H48N4O10. The molecule has 3 aromatic carbocycles.